The third kappa shape index (κ3) is 4.69. The number of carbonyl (C=O) groups excluding carboxylic acids is 2. The second kappa shape index (κ2) is 10.5. The third-order valence-corrected chi connectivity index (χ3v) is 6.90. The van der Waals surface area contributed by atoms with E-state index in [0.29, 0.717) is 27.8 Å². The Morgan fingerprint density at radius 3 is 2.33 bits per heavy atom. The number of benzene rings is 4. The summed E-state index contributed by atoms with van der Waals surface area (Å²) in [4.78, 5) is 34.4. The predicted molar refractivity (Wildman–Crippen MR) is 150 cm³/mol. The van der Waals surface area contributed by atoms with E-state index >= 15 is 0 Å². The molecular formula is C32H26FN5O2. The lowest BCUT2D eigenvalue weighted by Gasteiger charge is -2.28. The van der Waals surface area contributed by atoms with Crippen molar-refractivity contribution in [3.63, 3.8) is 0 Å². The molecule has 0 bridgehead atoms. The molecule has 7 nitrogen and oxygen atoms in total. The number of nitriles is 1. The van der Waals surface area contributed by atoms with Gasteiger partial charge in [-0.2, -0.15) is 5.26 Å². The molecule has 0 aliphatic carbocycles. The highest BCUT2D eigenvalue weighted by molar-refractivity contribution is 6.09. The fraction of sp³-hybridized carbons (Fsp3) is 0.125. The maximum atomic E-state index is 14.3. The number of carbonyl (C=O) groups is 2. The maximum absolute atomic E-state index is 14.3. The first kappa shape index (κ1) is 26.3. The number of guanidine groups is 1. The van der Waals surface area contributed by atoms with E-state index in [4.69, 9.17) is 10.7 Å². The van der Waals surface area contributed by atoms with Crippen LogP contribution in [0.3, 0.4) is 0 Å². The zero-order chi connectivity index (χ0) is 28.4. The number of hydrogen-bond acceptors (Lipinski definition) is 5. The molecule has 1 aliphatic heterocycles. The van der Waals surface area contributed by atoms with Crippen LogP contribution >= 0.6 is 0 Å². The Morgan fingerprint density at radius 1 is 0.950 bits per heavy atom. The number of nitrogens with zero attached hydrogens (tertiary/aromatic N) is 4. The van der Waals surface area contributed by atoms with Gasteiger partial charge in [0, 0.05) is 19.7 Å². The highest BCUT2D eigenvalue weighted by Crippen LogP contribution is 2.41. The summed E-state index contributed by atoms with van der Waals surface area (Å²) >= 11 is 0. The summed E-state index contributed by atoms with van der Waals surface area (Å²) in [5, 5.41) is 9.35. The number of rotatable bonds is 6. The van der Waals surface area contributed by atoms with E-state index in [1.54, 1.807) is 56.6 Å². The van der Waals surface area contributed by atoms with E-state index in [2.05, 4.69) is 6.07 Å². The summed E-state index contributed by atoms with van der Waals surface area (Å²) in [7, 11) is 3.34. The highest BCUT2D eigenvalue weighted by Gasteiger charge is 2.50. The first-order valence-electron chi connectivity index (χ1n) is 12.6. The minimum absolute atomic E-state index is 0.00976. The van der Waals surface area contributed by atoms with Crippen LogP contribution in [-0.2, 0) is 16.9 Å². The van der Waals surface area contributed by atoms with Gasteiger partial charge in [0.1, 0.15) is 5.82 Å². The van der Waals surface area contributed by atoms with Gasteiger partial charge < -0.3 is 10.6 Å². The van der Waals surface area contributed by atoms with Crippen LogP contribution in [0.1, 0.15) is 32.6 Å². The van der Waals surface area contributed by atoms with Gasteiger partial charge in [0.2, 0.25) is 0 Å². The summed E-state index contributed by atoms with van der Waals surface area (Å²) in [6.07, 6.45) is 0. The quantitative estimate of drug-likeness (QED) is 0.391. The molecule has 0 radical (unpaired) electrons. The number of amides is 2. The van der Waals surface area contributed by atoms with Crippen LogP contribution in [-0.4, -0.2) is 41.7 Å². The Bertz CT molecular complexity index is 1690. The minimum atomic E-state index is -1.56. The van der Waals surface area contributed by atoms with E-state index in [0.717, 1.165) is 11.1 Å². The standard InChI is InChI=1S/C32H26FN5O2/c1-37(2)29(39)25-10-4-7-22(17-25)20-38-30(40)32(36-31(38)35,26-12-14-28(33)15-13-26)27-11-5-9-24(18-27)23-8-3-6-21(16-23)19-34/h3-18H,20H2,1-2H3,(H2,35,36)/t32-/m0/s1. The molecule has 0 saturated carbocycles. The van der Waals surface area contributed by atoms with Gasteiger partial charge in [-0.3, -0.25) is 14.5 Å². The van der Waals surface area contributed by atoms with E-state index in [1.165, 1.54) is 34.1 Å². The normalized spacial score (nSPS) is 16.4. The fourth-order valence-corrected chi connectivity index (χ4v) is 4.90. The van der Waals surface area contributed by atoms with Crippen molar-refractivity contribution >= 4 is 17.8 Å². The predicted octanol–water partition coefficient (Wildman–Crippen LogP) is 4.67. The first-order valence-corrected chi connectivity index (χ1v) is 12.6. The molecule has 0 aromatic heterocycles. The molecule has 1 heterocycles. The molecular weight excluding hydrogens is 505 g/mol. The van der Waals surface area contributed by atoms with Gasteiger partial charge in [0.25, 0.3) is 11.8 Å². The summed E-state index contributed by atoms with van der Waals surface area (Å²) in [5.41, 5.74) is 9.14. The molecule has 1 aliphatic rings. The average molecular weight is 532 g/mol. The van der Waals surface area contributed by atoms with Crippen molar-refractivity contribution in [1.29, 1.82) is 5.26 Å². The first-order chi connectivity index (χ1) is 19.2. The largest absolute Gasteiger partial charge is 0.369 e. The molecule has 2 N–H and O–H groups in total. The molecule has 4 aromatic rings. The molecule has 5 rings (SSSR count). The lowest BCUT2D eigenvalue weighted by molar-refractivity contribution is -0.130. The zero-order valence-corrected chi connectivity index (χ0v) is 22.0. The van der Waals surface area contributed by atoms with Gasteiger partial charge in [-0.1, -0.05) is 54.6 Å². The van der Waals surface area contributed by atoms with Gasteiger partial charge in [0.15, 0.2) is 11.5 Å². The topological polar surface area (TPSA) is 103 Å². The zero-order valence-electron chi connectivity index (χ0n) is 22.0. The van der Waals surface area contributed by atoms with Crippen LogP contribution < -0.4 is 5.73 Å². The van der Waals surface area contributed by atoms with Gasteiger partial charge in [-0.05, 0) is 70.3 Å². The van der Waals surface area contributed by atoms with E-state index in [-0.39, 0.29) is 18.4 Å². The molecule has 198 valence electrons. The second-order valence-corrected chi connectivity index (χ2v) is 9.75. The van der Waals surface area contributed by atoms with Crippen LogP contribution in [0, 0.1) is 17.1 Å². The molecule has 1 atom stereocenters. The highest BCUT2D eigenvalue weighted by atomic mass is 19.1. The summed E-state index contributed by atoms with van der Waals surface area (Å²) in [5.74, 6) is -0.990. The van der Waals surface area contributed by atoms with Gasteiger partial charge in [0.05, 0.1) is 18.2 Å². The molecule has 0 spiro atoms. The van der Waals surface area contributed by atoms with Crippen molar-refractivity contribution in [2.24, 2.45) is 10.7 Å². The Labute approximate surface area is 231 Å². The molecule has 0 fully saturated rings. The molecule has 40 heavy (non-hydrogen) atoms. The Morgan fingerprint density at radius 2 is 1.62 bits per heavy atom. The van der Waals surface area contributed by atoms with Crippen LogP contribution in [0.2, 0.25) is 0 Å². The lowest BCUT2D eigenvalue weighted by Crippen LogP contribution is -2.43. The van der Waals surface area contributed by atoms with Crippen LogP contribution in [0.4, 0.5) is 4.39 Å². The van der Waals surface area contributed by atoms with E-state index in [1.807, 2.05) is 30.3 Å². The second-order valence-electron chi connectivity index (χ2n) is 9.75. The van der Waals surface area contributed by atoms with Crippen molar-refractivity contribution in [2.45, 2.75) is 12.1 Å². The number of nitrogens with two attached hydrogens (primary N) is 1. The maximum Gasteiger partial charge on any atom is 0.266 e. The Kier molecular flexibility index (Phi) is 6.89. The Hall–Kier alpha value is -5.29. The van der Waals surface area contributed by atoms with Crippen molar-refractivity contribution < 1.29 is 14.0 Å². The van der Waals surface area contributed by atoms with E-state index in [9.17, 15) is 19.2 Å². The van der Waals surface area contributed by atoms with E-state index < -0.39 is 17.3 Å². The fourth-order valence-electron chi connectivity index (χ4n) is 4.90. The molecule has 0 saturated heterocycles. The average Bonchev–Trinajstić information content (AvgIpc) is 3.23. The van der Waals surface area contributed by atoms with Crippen molar-refractivity contribution in [2.75, 3.05) is 14.1 Å². The number of aliphatic imine (C=N–C) groups is 1. The van der Waals surface area contributed by atoms with Crippen molar-refractivity contribution in [3.05, 3.63) is 131 Å². The Balaban J connectivity index is 1.59. The van der Waals surface area contributed by atoms with Gasteiger partial charge in [-0.15, -0.1) is 0 Å². The van der Waals surface area contributed by atoms with Crippen LogP contribution in [0.25, 0.3) is 11.1 Å². The van der Waals surface area contributed by atoms with Crippen LogP contribution in [0.15, 0.2) is 102 Å². The van der Waals surface area contributed by atoms with Crippen LogP contribution in [0.5, 0.6) is 0 Å². The summed E-state index contributed by atoms with van der Waals surface area (Å²) in [6, 6.07) is 29.3. The van der Waals surface area contributed by atoms with Crippen molar-refractivity contribution in [1.82, 2.24) is 9.80 Å². The third-order valence-electron chi connectivity index (χ3n) is 6.90. The SMILES string of the molecule is CN(C)C(=O)c1cccc(CN2C(=O)[C@](c3ccc(F)cc3)(c3cccc(-c4cccc(C#N)c4)c3)N=C2N)c1. The number of hydrogen-bond donors (Lipinski definition) is 1. The number of halogens is 1. The molecule has 8 heteroatoms. The molecule has 2 amide bonds. The van der Waals surface area contributed by atoms with Crippen molar-refractivity contribution in [3.8, 4) is 17.2 Å². The minimum Gasteiger partial charge on any atom is -0.369 e. The van der Waals surface area contributed by atoms with Gasteiger partial charge >= 0.3 is 0 Å². The summed E-state index contributed by atoms with van der Waals surface area (Å²) < 4.78 is 13.9. The molecule has 0 unspecified atom stereocenters. The monoisotopic (exact) mass is 531 g/mol. The summed E-state index contributed by atoms with van der Waals surface area (Å²) in [6.45, 7) is 0.0928. The lowest BCUT2D eigenvalue weighted by atomic mass is 9.81. The van der Waals surface area contributed by atoms with Gasteiger partial charge in [-0.25, -0.2) is 9.38 Å². The smallest absolute Gasteiger partial charge is 0.266 e. The molecule has 4 aromatic carbocycles.